The predicted molar refractivity (Wildman–Crippen MR) is 124 cm³/mol. The fraction of sp³-hybridized carbons (Fsp3) is 0.167. The number of aliphatic hydroxyl groups excluding tert-OH is 1. The Hall–Kier alpha value is -3.22. The van der Waals surface area contributed by atoms with Crippen LogP contribution in [0.3, 0.4) is 0 Å². The van der Waals surface area contributed by atoms with Gasteiger partial charge >= 0.3 is 0 Å². The lowest BCUT2D eigenvalue weighted by Gasteiger charge is -2.08. The smallest absolute Gasteiger partial charge is 0.250 e. The van der Waals surface area contributed by atoms with E-state index in [2.05, 4.69) is 36.6 Å². The molecule has 0 aliphatic heterocycles. The number of hydrogen-bond donors (Lipinski definition) is 3. The van der Waals surface area contributed by atoms with Crippen LogP contribution >= 0.6 is 12.2 Å². The first-order chi connectivity index (χ1) is 14.4. The van der Waals surface area contributed by atoms with E-state index in [0.717, 1.165) is 16.8 Å². The molecule has 154 valence electrons. The number of thiocarbonyl (C=S) groups is 1. The van der Waals surface area contributed by atoms with Gasteiger partial charge in [-0.2, -0.15) is 0 Å². The van der Waals surface area contributed by atoms with E-state index in [1.807, 2.05) is 42.5 Å². The van der Waals surface area contributed by atoms with Crippen molar-refractivity contribution in [3.63, 3.8) is 0 Å². The van der Waals surface area contributed by atoms with E-state index in [9.17, 15) is 4.79 Å². The highest BCUT2D eigenvalue weighted by Gasteiger charge is 2.06. The molecule has 0 fully saturated rings. The van der Waals surface area contributed by atoms with E-state index in [1.54, 1.807) is 12.1 Å². The zero-order valence-electron chi connectivity index (χ0n) is 16.9. The second-order valence-corrected chi connectivity index (χ2v) is 7.51. The molecule has 2 aromatic carbocycles. The molecule has 1 heterocycles. The number of rotatable bonds is 6. The normalized spacial score (nSPS) is 11.1. The maximum atomic E-state index is 12.1. The molecule has 3 rings (SSSR count). The van der Waals surface area contributed by atoms with Gasteiger partial charge in [-0.05, 0) is 71.7 Å². The molecule has 1 amide bonds. The largest absolute Gasteiger partial charge is 0.459 e. The van der Waals surface area contributed by atoms with Gasteiger partial charge in [0.2, 0.25) is 5.91 Å². The minimum absolute atomic E-state index is 0.134. The van der Waals surface area contributed by atoms with Crippen LogP contribution in [0.1, 0.15) is 36.7 Å². The molecule has 5 nitrogen and oxygen atoms in total. The third kappa shape index (κ3) is 5.89. The number of carbonyl (C=O) groups is 1. The van der Waals surface area contributed by atoms with Crippen molar-refractivity contribution < 1.29 is 14.3 Å². The highest BCUT2D eigenvalue weighted by molar-refractivity contribution is 7.80. The van der Waals surface area contributed by atoms with Gasteiger partial charge in [-0.25, -0.2) is 0 Å². The molecular formula is C24H24N2O3S. The van der Waals surface area contributed by atoms with E-state index in [-0.39, 0.29) is 17.6 Å². The summed E-state index contributed by atoms with van der Waals surface area (Å²) in [6, 6.07) is 19.0. The van der Waals surface area contributed by atoms with Gasteiger partial charge in [-0.3, -0.25) is 10.1 Å². The fourth-order valence-electron chi connectivity index (χ4n) is 2.82. The van der Waals surface area contributed by atoms with Crippen molar-refractivity contribution in [2.45, 2.75) is 26.4 Å². The number of hydrogen-bond acceptors (Lipinski definition) is 4. The first-order valence-electron chi connectivity index (χ1n) is 9.64. The van der Waals surface area contributed by atoms with Gasteiger partial charge in [0.1, 0.15) is 18.1 Å². The number of anilines is 1. The highest BCUT2D eigenvalue weighted by atomic mass is 32.1. The molecule has 0 unspecified atom stereocenters. The van der Waals surface area contributed by atoms with Crippen LogP contribution in [0.15, 0.2) is 71.2 Å². The summed E-state index contributed by atoms with van der Waals surface area (Å²) in [4.78, 5) is 12.1. The van der Waals surface area contributed by atoms with Crippen molar-refractivity contribution in [3.8, 4) is 11.3 Å². The van der Waals surface area contributed by atoms with Crippen LogP contribution in [0.25, 0.3) is 17.4 Å². The molecule has 30 heavy (non-hydrogen) atoms. The number of nitrogens with one attached hydrogen (secondary N) is 2. The van der Waals surface area contributed by atoms with E-state index in [0.29, 0.717) is 17.4 Å². The maximum Gasteiger partial charge on any atom is 0.250 e. The lowest BCUT2D eigenvalue weighted by molar-refractivity contribution is -0.115. The van der Waals surface area contributed by atoms with Crippen LogP contribution < -0.4 is 10.6 Å². The quantitative estimate of drug-likeness (QED) is 0.383. The SMILES string of the molecule is CC(C)c1ccc(/C=C/C(=O)NC(=S)Nc2ccc(-c3ccc(CO)o3)cc2)cc1. The minimum atomic E-state index is -0.302. The van der Waals surface area contributed by atoms with Gasteiger partial charge in [0, 0.05) is 17.3 Å². The van der Waals surface area contributed by atoms with Crippen LogP contribution in [0.5, 0.6) is 0 Å². The number of aliphatic hydroxyl groups is 1. The Morgan fingerprint density at radius 2 is 1.77 bits per heavy atom. The predicted octanol–water partition coefficient (Wildman–Crippen LogP) is 5.09. The van der Waals surface area contributed by atoms with E-state index in [1.165, 1.54) is 11.6 Å². The summed E-state index contributed by atoms with van der Waals surface area (Å²) in [7, 11) is 0. The number of carbonyl (C=O) groups excluding carboxylic acids is 1. The molecule has 3 aromatic rings. The van der Waals surface area contributed by atoms with Gasteiger partial charge < -0.3 is 14.8 Å². The number of amides is 1. The van der Waals surface area contributed by atoms with Gasteiger partial charge in [0.05, 0.1) is 0 Å². The summed E-state index contributed by atoms with van der Waals surface area (Å²) in [6.45, 7) is 4.15. The van der Waals surface area contributed by atoms with Crippen molar-refractivity contribution in [3.05, 3.63) is 83.6 Å². The molecule has 0 saturated heterocycles. The molecule has 0 atom stereocenters. The van der Waals surface area contributed by atoms with Crippen molar-refractivity contribution in [1.82, 2.24) is 5.32 Å². The van der Waals surface area contributed by atoms with Crippen LogP contribution in [0.2, 0.25) is 0 Å². The molecule has 0 bridgehead atoms. The van der Waals surface area contributed by atoms with E-state index in [4.69, 9.17) is 21.7 Å². The Bertz CT molecular complexity index is 1040. The molecule has 3 N–H and O–H groups in total. The Morgan fingerprint density at radius 3 is 2.37 bits per heavy atom. The summed E-state index contributed by atoms with van der Waals surface area (Å²) >= 11 is 5.21. The average Bonchev–Trinajstić information content (AvgIpc) is 3.22. The molecular weight excluding hydrogens is 396 g/mol. The number of benzene rings is 2. The van der Waals surface area contributed by atoms with Crippen molar-refractivity contribution in [2.75, 3.05) is 5.32 Å². The Labute approximate surface area is 181 Å². The van der Waals surface area contributed by atoms with Gasteiger partial charge in [-0.15, -0.1) is 0 Å². The first-order valence-corrected chi connectivity index (χ1v) is 10.1. The second-order valence-electron chi connectivity index (χ2n) is 7.10. The van der Waals surface area contributed by atoms with Crippen LogP contribution in [0.4, 0.5) is 5.69 Å². The molecule has 0 aliphatic carbocycles. The minimum Gasteiger partial charge on any atom is -0.459 e. The fourth-order valence-corrected chi connectivity index (χ4v) is 3.03. The third-order valence-electron chi connectivity index (χ3n) is 4.51. The van der Waals surface area contributed by atoms with Crippen molar-refractivity contribution in [2.24, 2.45) is 0 Å². The molecule has 0 aliphatic rings. The molecule has 1 aromatic heterocycles. The highest BCUT2D eigenvalue weighted by Crippen LogP contribution is 2.23. The summed E-state index contributed by atoms with van der Waals surface area (Å²) < 4.78 is 5.51. The lowest BCUT2D eigenvalue weighted by Crippen LogP contribution is -2.32. The number of furan rings is 1. The van der Waals surface area contributed by atoms with E-state index >= 15 is 0 Å². The standard InChI is InChI=1S/C24H24N2O3S/c1-16(2)18-6-3-17(4-7-18)5-14-23(28)26-24(30)25-20-10-8-19(9-11-20)22-13-12-21(15-27)29-22/h3-14,16,27H,15H2,1-2H3,(H2,25,26,28,30)/b14-5+. The topological polar surface area (TPSA) is 74.5 Å². The summed E-state index contributed by atoms with van der Waals surface area (Å²) in [5, 5.41) is 14.9. The zero-order valence-corrected chi connectivity index (χ0v) is 17.7. The maximum absolute atomic E-state index is 12.1. The third-order valence-corrected chi connectivity index (χ3v) is 4.72. The monoisotopic (exact) mass is 420 g/mol. The van der Waals surface area contributed by atoms with Crippen LogP contribution in [0, 0.1) is 0 Å². The van der Waals surface area contributed by atoms with Crippen molar-refractivity contribution >= 4 is 35.0 Å². The molecule has 6 heteroatoms. The molecule has 0 radical (unpaired) electrons. The second kappa shape index (κ2) is 10.0. The van der Waals surface area contributed by atoms with Gasteiger partial charge in [0.15, 0.2) is 5.11 Å². The summed E-state index contributed by atoms with van der Waals surface area (Å²) in [5.41, 5.74) is 3.83. The van der Waals surface area contributed by atoms with Gasteiger partial charge in [-0.1, -0.05) is 38.1 Å². The Kier molecular flexibility index (Phi) is 7.17. The molecule has 0 saturated carbocycles. The molecule has 0 spiro atoms. The first kappa shape index (κ1) is 21.5. The lowest BCUT2D eigenvalue weighted by atomic mass is 10.0. The summed E-state index contributed by atoms with van der Waals surface area (Å²) in [6.07, 6.45) is 3.21. The van der Waals surface area contributed by atoms with Crippen molar-refractivity contribution in [1.29, 1.82) is 0 Å². The summed E-state index contributed by atoms with van der Waals surface area (Å²) in [5.74, 6) is 1.36. The zero-order chi connectivity index (χ0) is 21.5. The Morgan fingerprint density at radius 1 is 1.07 bits per heavy atom. The average molecular weight is 421 g/mol. The van der Waals surface area contributed by atoms with Crippen LogP contribution in [-0.4, -0.2) is 16.1 Å². The van der Waals surface area contributed by atoms with E-state index < -0.39 is 0 Å². The Balaban J connectivity index is 1.52. The van der Waals surface area contributed by atoms with Gasteiger partial charge in [0.25, 0.3) is 0 Å². The van der Waals surface area contributed by atoms with Crippen LogP contribution in [-0.2, 0) is 11.4 Å².